The van der Waals surface area contributed by atoms with Gasteiger partial charge in [0.05, 0.1) is 12.1 Å². The first kappa shape index (κ1) is 30.5. The Hall–Kier alpha value is -4.48. The third kappa shape index (κ3) is 6.10. The summed E-state index contributed by atoms with van der Waals surface area (Å²) in [7, 11) is 0. The summed E-state index contributed by atoms with van der Waals surface area (Å²) in [4.78, 5) is 48.5. The van der Waals surface area contributed by atoms with E-state index in [1.165, 1.54) is 36.4 Å². The lowest BCUT2D eigenvalue weighted by Crippen LogP contribution is -2.50. The van der Waals surface area contributed by atoms with Crippen LogP contribution in [0.25, 0.3) is 5.00 Å². The number of ketones is 1. The Labute approximate surface area is 268 Å². The molecule has 0 unspecified atom stereocenters. The van der Waals surface area contributed by atoms with Crippen molar-refractivity contribution in [2.45, 2.75) is 33.2 Å². The van der Waals surface area contributed by atoms with Crippen LogP contribution >= 0.6 is 22.9 Å². The van der Waals surface area contributed by atoms with E-state index in [0.29, 0.717) is 42.6 Å². The third-order valence-electron chi connectivity index (χ3n) is 8.18. The lowest BCUT2D eigenvalue weighted by molar-refractivity contribution is -0.137. The molecule has 0 aliphatic carbocycles. The molecule has 2 aromatic carbocycles. The number of aromatic nitrogens is 3. The van der Waals surface area contributed by atoms with Crippen LogP contribution in [0.2, 0.25) is 5.02 Å². The summed E-state index contributed by atoms with van der Waals surface area (Å²) in [5, 5.41) is 10.4. The summed E-state index contributed by atoms with van der Waals surface area (Å²) >= 11 is 7.86. The Kier molecular flexibility index (Phi) is 8.48. The zero-order valence-corrected chi connectivity index (χ0v) is 26.5. The average molecular weight is 645 g/mol. The van der Waals surface area contributed by atoms with Gasteiger partial charge in [-0.25, -0.2) is 4.39 Å². The molecule has 1 fully saturated rings. The standard InChI is InChI=1S/C33H30ClFN6O3S/c1-19-20(2)45-33-30(19)31(23-4-8-24(34)9-5-23)36-26(32-38-37-21(3)41(32)33)18-29(44)40-16-14-39(15-17-40)28(43)13-12-27(42)22-6-10-25(35)11-7-22/h4-13,26H,14-18H2,1-3H3/b13-12+/t26-/m0/s1. The molecule has 0 radical (unpaired) electrons. The highest BCUT2D eigenvalue weighted by Gasteiger charge is 2.34. The number of allylic oxidation sites excluding steroid dienone is 1. The molecule has 1 saturated heterocycles. The van der Waals surface area contributed by atoms with Gasteiger partial charge in [-0.05, 0) is 68.8 Å². The van der Waals surface area contributed by atoms with E-state index < -0.39 is 11.9 Å². The summed E-state index contributed by atoms with van der Waals surface area (Å²) < 4.78 is 15.2. The summed E-state index contributed by atoms with van der Waals surface area (Å²) in [6.07, 6.45) is 2.50. The SMILES string of the molecule is Cc1sc2c(c1C)C(c1ccc(Cl)cc1)=N[C@@H](CC(=O)N1CCN(C(=O)/C=C/C(=O)c3ccc(F)cc3)CC1)c1nnc(C)n1-2. The molecule has 45 heavy (non-hydrogen) atoms. The molecule has 230 valence electrons. The fourth-order valence-electron chi connectivity index (χ4n) is 5.57. The second-order valence-electron chi connectivity index (χ2n) is 11.0. The van der Waals surface area contributed by atoms with E-state index in [1.54, 1.807) is 21.1 Å². The first-order valence-electron chi connectivity index (χ1n) is 14.5. The predicted octanol–water partition coefficient (Wildman–Crippen LogP) is 5.44. The summed E-state index contributed by atoms with van der Waals surface area (Å²) in [5.41, 5.74) is 4.08. The predicted molar refractivity (Wildman–Crippen MR) is 171 cm³/mol. The molecular formula is C33H30ClFN6O3S. The number of piperazine rings is 1. The molecule has 0 bridgehead atoms. The maximum Gasteiger partial charge on any atom is 0.246 e. The number of carbonyl (C=O) groups is 3. The van der Waals surface area contributed by atoms with Gasteiger partial charge in [0.15, 0.2) is 11.6 Å². The van der Waals surface area contributed by atoms with E-state index in [1.807, 2.05) is 35.8 Å². The van der Waals surface area contributed by atoms with Gasteiger partial charge in [-0.15, -0.1) is 21.5 Å². The lowest BCUT2D eigenvalue weighted by Gasteiger charge is -2.34. The number of aliphatic imine (C=N–C) groups is 1. The zero-order valence-electron chi connectivity index (χ0n) is 25.0. The minimum atomic E-state index is -0.580. The molecule has 2 amide bonds. The van der Waals surface area contributed by atoms with E-state index >= 15 is 0 Å². The van der Waals surface area contributed by atoms with E-state index in [4.69, 9.17) is 16.6 Å². The van der Waals surface area contributed by atoms with Gasteiger partial charge in [-0.2, -0.15) is 0 Å². The topological polar surface area (TPSA) is 101 Å². The molecule has 4 heterocycles. The molecule has 0 spiro atoms. The van der Waals surface area contributed by atoms with Crippen molar-refractivity contribution in [3.05, 3.63) is 110 Å². The van der Waals surface area contributed by atoms with Crippen LogP contribution in [0.4, 0.5) is 4.39 Å². The zero-order chi connectivity index (χ0) is 31.8. The maximum atomic E-state index is 13.7. The van der Waals surface area contributed by atoms with Gasteiger partial charge in [0.2, 0.25) is 11.8 Å². The number of nitrogens with zero attached hydrogens (tertiary/aromatic N) is 6. The van der Waals surface area contributed by atoms with E-state index in [0.717, 1.165) is 38.1 Å². The van der Waals surface area contributed by atoms with E-state index in [9.17, 15) is 18.8 Å². The number of amides is 2. The fraction of sp³-hybridized carbons (Fsp3) is 0.273. The number of benzene rings is 2. The molecule has 2 aliphatic rings. The summed E-state index contributed by atoms with van der Waals surface area (Å²) in [6, 6.07) is 12.1. The van der Waals surface area contributed by atoms with Crippen molar-refractivity contribution in [1.29, 1.82) is 0 Å². The van der Waals surface area contributed by atoms with E-state index in [-0.39, 0.29) is 24.0 Å². The number of carbonyl (C=O) groups excluding carboxylic acids is 3. The highest BCUT2D eigenvalue weighted by Crippen LogP contribution is 2.39. The van der Waals surface area contributed by atoms with Crippen LogP contribution in [-0.4, -0.2) is 74.1 Å². The van der Waals surface area contributed by atoms with Gasteiger partial charge in [0, 0.05) is 58.8 Å². The molecule has 4 aromatic rings. The number of thiophene rings is 1. The minimum absolute atomic E-state index is 0.0855. The van der Waals surface area contributed by atoms with E-state index in [2.05, 4.69) is 24.0 Å². The van der Waals surface area contributed by atoms with Crippen molar-refractivity contribution in [3.63, 3.8) is 0 Å². The van der Waals surface area contributed by atoms with Gasteiger partial charge in [-0.3, -0.25) is 23.9 Å². The Morgan fingerprint density at radius 2 is 1.60 bits per heavy atom. The van der Waals surface area contributed by atoms with Gasteiger partial charge < -0.3 is 9.80 Å². The number of rotatable bonds is 6. The lowest BCUT2D eigenvalue weighted by atomic mass is 9.99. The first-order chi connectivity index (χ1) is 21.6. The van der Waals surface area contributed by atoms with Crippen LogP contribution in [0.5, 0.6) is 0 Å². The van der Waals surface area contributed by atoms with Crippen molar-refractivity contribution in [2.24, 2.45) is 4.99 Å². The normalized spacial score (nSPS) is 16.3. The number of aryl methyl sites for hydroxylation is 2. The van der Waals surface area contributed by atoms with Crippen LogP contribution in [0.1, 0.15) is 56.0 Å². The van der Waals surface area contributed by atoms with Crippen molar-refractivity contribution in [3.8, 4) is 5.00 Å². The number of hydrogen-bond donors (Lipinski definition) is 0. The summed E-state index contributed by atoms with van der Waals surface area (Å²) in [5.74, 6) is 0.0812. The number of fused-ring (bicyclic) bond motifs is 3. The molecule has 6 rings (SSSR count). The molecule has 1 atom stereocenters. The van der Waals surface area contributed by atoms with Crippen LogP contribution in [-0.2, 0) is 9.59 Å². The minimum Gasteiger partial charge on any atom is -0.339 e. The molecule has 12 heteroatoms. The number of hydrogen-bond acceptors (Lipinski definition) is 7. The Balaban J connectivity index is 1.19. The third-order valence-corrected chi connectivity index (χ3v) is 9.62. The maximum absolute atomic E-state index is 13.7. The van der Waals surface area contributed by atoms with Crippen molar-refractivity contribution >= 4 is 46.2 Å². The van der Waals surface area contributed by atoms with Crippen molar-refractivity contribution in [2.75, 3.05) is 26.2 Å². The highest BCUT2D eigenvalue weighted by molar-refractivity contribution is 7.15. The van der Waals surface area contributed by atoms with Crippen LogP contribution in [0, 0.1) is 26.6 Å². The smallest absolute Gasteiger partial charge is 0.246 e. The molecule has 9 nitrogen and oxygen atoms in total. The Morgan fingerprint density at radius 3 is 2.29 bits per heavy atom. The largest absolute Gasteiger partial charge is 0.339 e. The number of halogens is 2. The fourth-order valence-corrected chi connectivity index (χ4v) is 6.91. The van der Waals surface area contributed by atoms with Crippen molar-refractivity contribution < 1.29 is 18.8 Å². The van der Waals surface area contributed by atoms with Gasteiger partial charge in [-0.1, -0.05) is 23.7 Å². The highest BCUT2D eigenvalue weighted by atomic mass is 35.5. The average Bonchev–Trinajstić information content (AvgIpc) is 3.52. The second-order valence-corrected chi connectivity index (χ2v) is 12.7. The Bertz CT molecular complexity index is 1850. The molecular weight excluding hydrogens is 615 g/mol. The molecule has 2 aliphatic heterocycles. The van der Waals surface area contributed by atoms with Crippen LogP contribution in [0.15, 0.2) is 65.7 Å². The monoisotopic (exact) mass is 644 g/mol. The first-order valence-corrected chi connectivity index (χ1v) is 15.7. The Morgan fingerprint density at radius 1 is 0.933 bits per heavy atom. The van der Waals surface area contributed by atoms with Crippen LogP contribution < -0.4 is 0 Å². The molecule has 2 aromatic heterocycles. The quantitative estimate of drug-likeness (QED) is 0.206. The summed E-state index contributed by atoms with van der Waals surface area (Å²) in [6.45, 7) is 7.41. The van der Waals surface area contributed by atoms with Crippen molar-refractivity contribution in [1.82, 2.24) is 24.6 Å². The van der Waals surface area contributed by atoms with Gasteiger partial charge in [0.1, 0.15) is 22.7 Å². The van der Waals surface area contributed by atoms with Gasteiger partial charge in [0.25, 0.3) is 0 Å². The van der Waals surface area contributed by atoms with Gasteiger partial charge >= 0.3 is 0 Å². The molecule has 0 N–H and O–H groups in total. The van der Waals surface area contributed by atoms with Crippen LogP contribution in [0.3, 0.4) is 0 Å². The second kappa shape index (κ2) is 12.5. The molecule has 0 saturated carbocycles.